The van der Waals surface area contributed by atoms with Gasteiger partial charge in [0.2, 0.25) is 0 Å². The fourth-order valence-corrected chi connectivity index (χ4v) is 5.37. The molecule has 0 spiro atoms. The Morgan fingerprint density at radius 3 is 2.74 bits per heavy atom. The van der Waals surface area contributed by atoms with Crippen molar-refractivity contribution >= 4 is 27.7 Å². The summed E-state index contributed by atoms with van der Waals surface area (Å²) in [5.41, 5.74) is 4.76. The normalized spacial score (nSPS) is 23.3. The monoisotopic (exact) mass is 474 g/mol. The second-order valence-electron chi connectivity index (χ2n) is 9.91. The number of rotatable bonds is 4. The van der Waals surface area contributed by atoms with Crippen molar-refractivity contribution < 1.29 is 9.52 Å². The van der Waals surface area contributed by atoms with Crippen molar-refractivity contribution in [3.05, 3.63) is 70.3 Å². The molecule has 4 heterocycles. The Labute approximate surface area is 206 Å². The largest absolute Gasteiger partial charge is 0.423 e. The molecule has 184 valence electrons. The highest BCUT2D eigenvalue weighted by Crippen LogP contribution is 2.34. The number of allylic oxidation sites excluding steroid dienone is 4. The van der Waals surface area contributed by atoms with E-state index in [0.29, 0.717) is 23.7 Å². The number of piperazine rings is 1. The predicted molar refractivity (Wildman–Crippen MR) is 141 cm³/mol. The second-order valence-corrected chi connectivity index (χ2v) is 9.91. The number of hydrogen-bond acceptors (Lipinski definition) is 7. The molecule has 0 bridgehead atoms. The predicted octanol–water partition coefficient (Wildman–Crippen LogP) is 4.20. The Balaban J connectivity index is 1.46. The molecule has 2 aromatic rings. The zero-order chi connectivity index (χ0) is 24.7. The van der Waals surface area contributed by atoms with Gasteiger partial charge in [-0.25, -0.2) is 4.79 Å². The summed E-state index contributed by atoms with van der Waals surface area (Å²) in [4.78, 5) is 24.5. The number of aliphatic imine (C=N–C) groups is 1. The summed E-state index contributed by atoms with van der Waals surface area (Å²) in [5.74, 6) is 0.820. The Hall–Kier alpha value is -3.16. The van der Waals surface area contributed by atoms with Crippen LogP contribution in [0.4, 0.5) is 5.69 Å². The van der Waals surface area contributed by atoms with Gasteiger partial charge < -0.3 is 19.3 Å². The highest BCUT2D eigenvalue weighted by molar-refractivity contribution is 5.99. The van der Waals surface area contributed by atoms with Gasteiger partial charge in [0.1, 0.15) is 5.76 Å². The Kier molecular flexibility index (Phi) is 6.38. The standard InChI is InChI=1S/C28H34N4O3/c1-18-5-8-26-21(4)29-19(2)15-32(26)17-25(18)27-13-22-6-7-23(14-24(22)28(34)35-27)31-10-9-30(11-12-33)20(3)16-31/h6-8,13-15,17-18,20,33H,5,9-12,16H2,1-4H3. The lowest BCUT2D eigenvalue weighted by Gasteiger charge is -2.40. The topological polar surface area (TPSA) is 72.5 Å². The highest BCUT2D eigenvalue weighted by Gasteiger charge is 2.25. The van der Waals surface area contributed by atoms with E-state index in [9.17, 15) is 9.90 Å². The molecule has 1 saturated heterocycles. The van der Waals surface area contributed by atoms with Crippen LogP contribution in [0, 0.1) is 5.92 Å². The van der Waals surface area contributed by atoms with Gasteiger partial charge in [0, 0.05) is 55.9 Å². The molecule has 2 atom stereocenters. The molecule has 1 aromatic carbocycles. The SMILES string of the molecule is CC1=CN2C=C(c3cc4ccc(N5CCN(CCO)C(C)C5)cc4c(=O)o3)C(C)CC=C2C(C)=N1. The number of nitrogens with zero attached hydrogens (tertiary/aromatic N) is 4. The van der Waals surface area contributed by atoms with Crippen LogP contribution in [0.1, 0.15) is 39.9 Å². The minimum absolute atomic E-state index is 0.178. The van der Waals surface area contributed by atoms with Gasteiger partial charge >= 0.3 is 5.63 Å². The summed E-state index contributed by atoms with van der Waals surface area (Å²) >= 11 is 0. The van der Waals surface area contributed by atoms with E-state index in [0.717, 1.165) is 59.8 Å². The average Bonchev–Trinajstić information content (AvgIpc) is 2.99. The summed E-state index contributed by atoms with van der Waals surface area (Å²) in [6.45, 7) is 11.9. The van der Waals surface area contributed by atoms with Crippen LogP contribution in [-0.2, 0) is 0 Å². The molecule has 1 N–H and O–H groups in total. The maximum atomic E-state index is 13.2. The van der Waals surface area contributed by atoms with E-state index in [-0.39, 0.29) is 18.2 Å². The molecular formula is C28H34N4O3. The first-order valence-electron chi connectivity index (χ1n) is 12.5. The van der Waals surface area contributed by atoms with Gasteiger partial charge in [-0.1, -0.05) is 19.1 Å². The van der Waals surface area contributed by atoms with E-state index in [1.807, 2.05) is 38.2 Å². The van der Waals surface area contributed by atoms with Crippen molar-refractivity contribution in [1.82, 2.24) is 9.80 Å². The van der Waals surface area contributed by atoms with Gasteiger partial charge in [-0.2, -0.15) is 0 Å². The van der Waals surface area contributed by atoms with Crippen LogP contribution in [0.25, 0.3) is 16.3 Å². The van der Waals surface area contributed by atoms with Gasteiger partial charge in [0.05, 0.1) is 29.1 Å². The summed E-state index contributed by atoms with van der Waals surface area (Å²) < 4.78 is 5.92. The maximum Gasteiger partial charge on any atom is 0.344 e. The van der Waals surface area contributed by atoms with Crippen LogP contribution in [0.5, 0.6) is 0 Å². The lowest BCUT2D eigenvalue weighted by Crippen LogP contribution is -2.52. The Bertz CT molecular complexity index is 1320. The van der Waals surface area contributed by atoms with Crippen LogP contribution in [-0.4, -0.2) is 59.4 Å². The van der Waals surface area contributed by atoms with Gasteiger partial charge in [-0.05, 0) is 56.7 Å². The van der Waals surface area contributed by atoms with E-state index in [1.165, 1.54) is 0 Å². The van der Waals surface area contributed by atoms with Gasteiger partial charge in [0.15, 0.2) is 0 Å². The Morgan fingerprint density at radius 2 is 1.97 bits per heavy atom. The van der Waals surface area contributed by atoms with Crippen molar-refractivity contribution in [2.24, 2.45) is 10.9 Å². The minimum Gasteiger partial charge on any atom is -0.423 e. The Morgan fingerprint density at radius 1 is 1.14 bits per heavy atom. The van der Waals surface area contributed by atoms with Crippen LogP contribution < -0.4 is 10.5 Å². The number of aliphatic hydroxyl groups is 1. The number of anilines is 1. The van der Waals surface area contributed by atoms with Crippen molar-refractivity contribution in [3.63, 3.8) is 0 Å². The number of fused-ring (bicyclic) bond motifs is 2. The van der Waals surface area contributed by atoms with Crippen molar-refractivity contribution in [2.75, 3.05) is 37.7 Å². The highest BCUT2D eigenvalue weighted by atomic mass is 16.4. The number of aliphatic hydroxyl groups excluding tert-OH is 1. The molecule has 7 nitrogen and oxygen atoms in total. The molecule has 1 fully saturated rings. The smallest absolute Gasteiger partial charge is 0.344 e. The molecule has 5 rings (SSSR count). The third-order valence-corrected chi connectivity index (χ3v) is 7.34. The van der Waals surface area contributed by atoms with Crippen molar-refractivity contribution in [3.8, 4) is 0 Å². The zero-order valence-electron chi connectivity index (χ0n) is 21.0. The molecule has 0 saturated carbocycles. The maximum absolute atomic E-state index is 13.2. The molecule has 35 heavy (non-hydrogen) atoms. The first-order valence-corrected chi connectivity index (χ1v) is 12.5. The second kappa shape index (κ2) is 9.47. The van der Waals surface area contributed by atoms with Gasteiger partial charge in [-0.3, -0.25) is 9.89 Å². The molecule has 0 radical (unpaired) electrons. The van der Waals surface area contributed by atoms with Crippen LogP contribution in [0.2, 0.25) is 0 Å². The third-order valence-electron chi connectivity index (χ3n) is 7.34. The lowest BCUT2D eigenvalue weighted by atomic mass is 9.95. The molecular weight excluding hydrogens is 440 g/mol. The van der Waals surface area contributed by atoms with Crippen LogP contribution in [0.3, 0.4) is 0 Å². The number of benzene rings is 1. The molecule has 1 aromatic heterocycles. The quantitative estimate of drug-likeness (QED) is 0.716. The third kappa shape index (κ3) is 4.58. The first kappa shape index (κ1) is 23.6. The zero-order valence-corrected chi connectivity index (χ0v) is 21.0. The van der Waals surface area contributed by atoms with E-state index < -0.39 is 0 Å². The van der Waals surface area contributed by atoms with Gasteiger partial charge in [-0.15, -0.1) is 0 Å². The van der Waals surface area contributed by atoms with Gasteiger partial charge in [0.25, 0.3) is 0 Å². The van der Waals surface area contributed by atoms with E-state index in [1.54, 1.807) is 0 Å². The van der Waals surface area contributed by atoms with E-state index in [4.69, 9.17) is 4.42 Å². The summed E-state index contributed by atoms with van der Waals surface area (Å²) in [5, 5.41) is 10.8. The fraction of sp³-hybridized carbons (Fsp3) is 0.429. The molecule has 3 aliphatic rings. The molecule has 0 aliphatic carbocycles. The lowest BCUT2D eigenvalue weighted by molar-refractivity contribution is 0.146. The number of hydrogen-bond donors (Lipinski definition) is 1. The minimum atomic E-state index is -0.306. The number of β-amino-alcohol motifs (C(OH)–C–C–N with tert-alkyl or cyclic N) is 1. The molecule has 0 amide bonds. The fourth-order valence-electron chi connectivity index (χ4n) is 5.37. The van der Waals surface area contributed by atoms with E-state index >= 15 is 0 Å². The van der Waals surface area contributed by atoms with Crippen LogP contribution in [0.15, 0.2) is 68.3 Å². The molecule has 7 heteroatoms. The summed E-state index contributed by atoms with van der Waals surface area (Å²) in [6, 6.07) is 8.43. The summed E-state index contributed by atoms with van der Waals surface area (Å²) in [7, 11) is 0. The average molecular weight is 475 g/mol. The molecule has 3 aliphatic heterocycles. The van der Waals surface area contributed by atoms with E-state index in [2.05, 4.69) is 51.9 Å². The molecule has 2 unspecified atom stereocenters. The van der Waals surface area contributed by atoms with Crippen LogP contribution >= 0.6 is 0 Å². The van der Waals surface area contributed by atoms with Crippen molar-refractivity contribution in [2.45, 2.75) is 40.2 Å². The van der Waals surface area contributed by atoms with Crippen molar-refractivity contribution in [1.29, 1.82) is 0 Å². The summed E-state index contributed by atoms with van der Waals surface area (Å²) in [6.07, 6.45) is 7.15. The first-order chi connectivity index (χ1) is 16.8.